The molecule has 3 rings (SSSR count). The van der Waals surface area contributed by atoms with E-state index in [0.717, 1.165) is 6.33 Å². The number of nitrogens with one attached hydrogen (secondary N) is 1. The fraction of sp³-hybridized carbons (Fsp3) is 0. The van der Waals surface area contributed by atoms with Crippen molar-refractivity contribution in [3.8, 4) is 11.3 Å². The second kappa shape index (κ2) is 7.82. The quantitative estimate of drug-likeness (QED) is 0.653. The molecule has 0 saturated heterocycles. The van der Waals surface area contributed by atoms with Gasteiger partial charge >= 0.3 is 0 Å². The highest BCUT2D eigenvalue weighted by Crippen LogP contribution is 2.27. The van der Waals surface area contributed by atoms with Crippen LogP contribution in [0.5, 0.6) is 0 Å². The van der Waals surface area contributed by atoms with E-state index in [1.54, 1.807) is 18.2 Å². The topological polar surface area (TPSA) is 89.0 Å². The molecular formula is C17H10Cl3N3O3S. The van der Waals surface area contributed by atoms with E-state index < -0.39 is 15.9 Å². The summed E-state index contributed by atoms with van der Waals surface area (Å²) >= 11 is 17.7. The minimum Gasteiger partial charge on any atom is -0.266 e. The van der Waals surface area contributed by atoms with E-state index in [0.29, 0.717) is 21.3 Å². The summed E-state index contributed by atoms with van der Waals surface area (Å²) in [5, 5.41) is 0.927. The average Bonchev–Trinajstić information content (AvgIpc) is 2.64. The number of halogens is 3. The van der Waals surface area contributed by atoms with E-state index in [4.69, 9.17) is 34.8 Å². The smallest absolute Gasteiger partial charge is 0.266 e. The first-order valence-electron chi connectivity index (χ1n) is 7.36. The number of aromatic nitrogens is 2. The number of sulfonamides is 1. The van der Waals surface area contributed by atoms with Crippen LogP contribution >= 0.6 is 34.8 Å². The number of rotatable bonds is 4. The summed E-state index contributed by atoms with van der Waals surface area (Å²) in [6.07, 6.45) is 1.15. The van der Waals surface area contributed by atoms with Gasteiger partial charge in [0.1, 0.15) is 12.0 Å². The maximum atomic E-state index is 12.4. The Kier molecular flexibility index (Phi) is 5.67. The minimum atomic E-state index is -4.10. The molecule has 0 aliphatic heterocycles. The van der Waals surface area contributed by atoms with Gasteiger partial charge in [-0.2, -0.15) is 0 Å². The molecule has 27 heavy (non-hydrogen) atoms. The zero-order valence-corrected chi connectivity index (χ0v) is 16.4. The second-order valence-corrected chi connectivity index (χ2v) is 8.24. The fourth-order valence-electron chi connectivity index (χ4n) is 2.16. The third kappa shape index (κ3) is 4.56. The van der Waals surface area contributed by atoms with Crippen LogP contribution in [-0.4, -0.2) is 24.3 Å². The van der Waals surface area contributed by atoms with E-state index in [-0.39, 0.29) is 15.6 Å². The predicted molar refractivity (Wildman–Crippen MR) is 104 cm³/mol. The van der Waals surface area contributed by atoms with Gasteiger partial charge < -0.3 is 0 Å². The first kappa shape index (κ1) is 19.6. The van der Waals surface area contributed by atoms with Gasteiger partial charge in [0.15, 0.2) is 0 Å². The summed E-state index contributed by atoms with van der Waals surface area (Å²) < 4.78 is 26.6. The maximum absolute atomic E-state index is 12.4. The van der Waals surface area contributed by atoms with E-state index in [2.05, 4.69) is 9.97 Å². The van der Waals surface area contributed by atoms with Crippen molar-refractivity contribution in [1.82, 2.24) is 14.7 Å². The number of amides is 1. The van der Waals surface area contributed by atoms with Crippen molar-refractivity contribution in [3.63, 3.8) is 0 Å². The van der Waals surface area contributed by atoms with Crippen LogP contribution in [0.15, 0.2) is 59.8 Å². The van der Waals surface area contributed by atoms with Crippen molar-refractivity contribution < 1.29 is 13.2 Å². The van der Waals surface area contributed by atoms with Gasteiger partial charge in [-0.25, -0.2) is 23.1 Å². The Balaban J connectivity index is 1.88. The lowest BCUT2D eigenvalue weighted by Gasteiger charge is -2.08. The first-order valence-corrected chi connectivity index (χ1v) is 9.98. The third-order valence-corrected chi connectivity index (χ3v) is 5.75. The Bertz CT molecular complexity index is 1140. The molecule has 1 N–H and O–H groups in total. The molecule has 0 saturated carbocycles. The lowest BCUT2D eigenvalue weighted by Crippen LogP contribution is -2.31. The molecule has 0 atom stereocenters. The minimum absolute atomic E-state index is 0.128. The summed E-state index contributed by atoms with van der Waals surface area (Å²) in [6.45, 7) is 0. The summed E-state index contributed by atoms with van der Waals surface area (Å²) in [6, 6.07) is 11.7. The van der Waals surface area contributed by atoms with E-state index in [1.165, 1.54) is 30.3 Å². The van der Waals surface area contributed by atoms with Gasteiger partial charge in [0.25, 0.3) is 15.9 Å². The zero-order valence-electron chi connectivity index (χ0n) is 13.4. The molecular weight excluding hydrogens is 433 g/mol. The molecule has 0 unspecified atom stereocenters. The molecule has 0 fully saturated rings. The number of nitrogens with zero attached hydrogens (tertiary/aromatic N) is 2. The Hall–Kier alpha value is -2.19. The Morgan fingerprint density at radius 2 is 1.70 bits per heavy atom. The van der Waals surface area contributed by atoms with Crippen LogP contribution in [0.2, 0.25) is 15.1 Å². The fourth-order valence-corrected chi connectivity index (χ4v) is 3.72. The molecule has 0 bridgehead atoms. The number of benzene rings is 2. The molecule has 1 aromatic heterocycles. The van der Waals surface area contributed by atoms with E-state index in [9.17, 15) is 13.2 Å². The number of carbonyl (C=O) groups excluding carboxylic acids is 1. The molecule has 1 heterocycles. The first-order chi connectivity index (χ1) is 12.8. The van der Waals surface area contributed by atoms with Crippen LogP contribution in [0.1, 0.15) is 10.5 Å². The van der Waals surface area contributed by atoms with Crippen molar-refractivity contribution in [2.24, 2.45) is 0 Å². The number of carbonyl (C=O) groups is 1. The summed E-state index contributed by atoms with van der Waals surface area (Å²) in [4.78, 5) is 20.1. The summed E-state index contributed by atoms with van der Waals surface area (Å²) in [5.41, 5.74) is 0.851. The predicted octanol–water partition coefficient (Wildman–Crippen LogP) is 4.22. The molecule has 6 nitrogen and oxygen atoms in total. The molecule has 138 valence electrons. The zero-order chi connectivity index (χ0) is 19.6. The Morgan fingerprint density at radius 1 is 0.926 bits per heavy atom. The lowest BCUT2D eigenvalue weighted by molar-refractivity contribution is 0.0976. The number of hydrogen-bond acceptors (Lipinski definition) is 5. The van der Waals surface area contributed by atoms with Crippen LogP contribution in [0.4, 0.5) is 0 Å². The van der Waals surface area contributed by atoms with Gasteiger partial charge in [-0.3, -0.25) is 4.79 Å². The Labute approximate surface area is 170 Å². The van der Waals surface area contributed by atoms with Crippen molar-refractivity contribution >= 4 is 50.7 Å². The highest BCUT2D eigenvalue weighted by Gasteiger charge is 2.20. The molecule has 3 aromatic rings. The Morgan fingerprint density at radius 3 is 2.41 bits per heavy atom. The van der Waals surface area contributed by atoms with Crippen LogP contribution in [0, 0.1) is 0 Å². The van der Waals surface area contributed by atoms with Crippen molar-refractivity contribution in [1.29, 1.82) is 0 Å². The standard InChI is InChI=1S/C17H10Cl3N3O3S/c18-11-2-1-3-12(7-11)27(25,26)23-17(24)16-8-15(21-9-22-16)10-4-5-13(19)14(20)6-10/h1-9H,(H,23,24). The van der Waals surface area contributed by atoms with Crippen molar-refractivity contribution in [3.05, 3.63) is 75.6 Å². The van der Waals surface area contributed by atoms with Gasteiger partial charge in [0, 0.05) is 10.6 Å². The highest BCUT2D eigenvalue weighted by atomic mass is 35.5. The van der Waals surface area contributed by atoms with Crippen LogP contribution in [0.3, 0.4) is 0 Å². The van der Waals surface area contributed by atoms with Crippen LogP contribution in [0.25, 0.3) is 11.3 Å². The van der Waals surface area contributed by atoms with Crippen molar-refractivity contribution in [2.75, 3.05) is 0 Å². The molecule has 2 aromatic carbocycles. The SMILES string of the molecule is O=C(NS(=O)(=O)c1cccc(Cl)c1)c1cc(-c2ccc(Cl)c(Cl)c2)ncn1. The molecule has 0 radical (unpaired) electrons. The lowest BCUT2D eigenvalue weighted by atomic mass is 10.1. The van der Waals surface area contributed by atoms with Gasteiger partial charge in [0.2, 0.25) is 0 Å². The second-order valence-electron chi connectivity index (χ2n) is 5.31. The summed E-state index contributed by atoms with van der Waals surface area (Å²) in [7, 11) is -4.10. The van der Waals surface area contributed by atoms with Gasteiger partial charge in [0.05, 0.1) is 20.6 Å². The largest absolute Gasteiger partial charge is 0.283 e. The van der Waals surface area contributed by atoms with Gasteiger partial charge in [-0.15, -0.1) is 0 Å². The molecule has 0 spiro atoms. The molecule has 1 amide bonds. The maximum Gasteiger partial charge on any atom is 0.283 e. The van der Waals surface area contributed by atoms with Gasteiger partial charge in [-0.05, 0) is 36.4 Å². The van der Waals surface area contributed by atoms with E-state index >= 15 is 0 Å². The molecule has 0 aliphatic rings. The van der Waals surface area contributed by atoms with Crippen molar-refractivity contribution in [2.45, 2.75) is 4.90 Å². The van der Waals surface area contributed by atoms with Gasteiger partial charge in [-0.1, -0.05) is 46.9 Å². The van der Waals surface area contributed by atoms with Crippen LogP contribution in [-0.2, 0) is 10.0 Å². The van der Waals surface area contributed by atoms with Crippen LogP contribution < -0.4 is 4.72 Å². The summed E-state index contributed by atoms with van der Waals surface area (Å²) in [5.74, 6) is -0.904. The normalized spacial score (nSPS) is 11.2. The molecule has 0 aliphatic carbocycles. The highest BCUT2D eigenvalue weighted by molar-refractivity contribution is 7.90. The monoisotopic (exact) mass is 441 g/mol. The third-order valence-electron chi connectivity index (χ3n) is 3.45. The number of hydrogen-bond donors (Lipinski definition) is 1. The molecule has 10 heteroatoms. The van der Waals surface area contributed by atoms with E-state index in [1.807, 2.05) is 4.72 Å². The average molecular weight is 443 g/mol.